The Morgan fingerprint density at radius 1 is 1.04 bits per heavy atom. The van der Waals surface area contributed by atoms with Gasteiger partial charge < -0.3 is 9.64 Å². The van der Waals surface area contributed by atoms with Gasteiger partial charge in [-0.05, 0) is 24.3 Å². The third-order valence-electron chi connectivity index (χ3n) is 4.88. The average molecular weight is 351 g/mol. The Bertz CT molecular complexity index is 1130. The van der Waals surface area contributed by atoms with Gasteiger partial charge in [-0.1, -0.05) is 12.1 Å². The van der Waals surface area contributed by atoms with Crippen LogP contribution in [-0.2, 0) is 4.74 Å². The zero-order chi connectivity index (χ0) is 17.8. The fraction of sp³-hybridized carbons (Fsp3) is 0.211. The molecule has 0 bridgehead atoms. The molecular weight excluding hydrogens is 337 g/mol. The van der Waals surface area contributed by atoms with Crippen LogP contribution in [0.15, 0.2) is 41.2 Å². The molecule has 0 atom stereocenters. The van der Waals surface area contributed by atoms with Crippen molar-refractivity contribution >= 4 is 22.4 Å². The molecule has 1 aromatic heterocycles. The van der Waals surface area contributed by atoms with E-state index in [2.05, 4.69) is 4.98 Å². The zero-order valence-electron chi connectivity index (χ0n) is 13.7. The Kier molecular flexibility index (Phi) is 3.20. The van der Waals surface area contributed by atoms with Crippen molar-refractivity contribution in [1.82, 2.24) is 9.55 Å². The monoisotopic (exact) mass is 351 g/mol. The summed E-state index contributed by atoms with van der Waals surface area (Å²) in [6.07, 6.45) is 0. The lowest BCUT2D eigenvalue weighted by atomic mass is 10.1. The summed E-state index contributed by atoms with van der Waals surface area (Å²) in [7, 11) is 0. The molecule has 7 heteroatoms. The number of carbonyl (C=O) groups excluding carboxylic acids is 1. The summed E-state index contributed by atoms with van der Waals surface area (Å²) < 4.78 is 21.3. The summed E-state index contributed by atoms with van der Waals surface area (Å²) in [6, 6.07) is 9.65. The number of hydrogen-bond acceptors (Lipinski definition) is 5. The van der Waals surface area contributed by atoms with E-state index in [-0.39, 0.29) is 22.6 Å². The second-order valence-corrected chi connectivity index (χ2v) is 6.31. The number of benzene rings is 2. The predicted molar refractivity (Wildman–Crippen MR) is 93.8 cm³/mol. The SMILES string of the molecule is O=C1c2c(ccc(F)c2N2CCOCC2)-n2c1nc1ccccc1c2=O. The minimum atomic E-state index is -0.482. The standard InChI is InChI=1S/C19H14FN3O3/c20-12-5-6-14-15(16(12)22-7-9-26-10-8-22)17(24)18-21-13-4-2-1-3-11(13)19(25)23(14)18/h1-6H,7-10H2. The Morgan fingerprint density at radius 3 is 2.62 bits per heavy atom. The molecule has 0 unspecified atom stereocenters. The Hall–Kier alpha value is -3.06. The molecule has 2 aliphatic heterocycles. The van der Waals surface area contributed by atoms with E-state index < -0.39 is 11.6 Å². The fourth-order valence-corrected chi connectivity index (χ4v) is 3.68. The Balaban J connectivity index is 1.81. The van der Waals surface area contributed by atoms with E-state index in [4.69, 9.17) is 4.74 Å². The fourth-order valence-electron chi connectivity index (χ4n) is 3.68. The molecular formula is C19H14FN3O3. The first kappa shape index (κ1) is 15.2. The highest BCUT2D eigenvalue weighted by Crippen LogP contribution is 2.36. The smallest absolute Gasteiger partial charge is 0.266 e. The topological polar surface area (TPSA) is 64.4 Å². The van der Waals surface area contributed by atoms with Crippen LogP contribution in [-0.4, -0.2) is 41.6 Å². The van der Waals surface area contributed by atoms with Gasteiger partial charge >= 0.3 is 0 Å². The van der Waals surface area contributed by atoms with Gasteiger partial charge in [0.15, 0.2) is 5.82 Å². The van der Waals surface area contributed by atoms with Crippen molar-refractivity contribution in [3.8, 4) is 5.69 Å². The van der Waals surface area contributed by atoms with Gasteiger partial charge in [0.05, 0.1) is 41.1 Å². The summed E-state index contributed by atoms with van der Waals surface area (Å²) in [5.41, 5.74) is 0.947. The van der Waals surface area contributed by atoms with E-state index in [0.717, 1.165) is 0 Å². The summed E-state index contributed by atoms with van der Waals surface area (Å²) in [5.74, 6) is -0.878. The van der Waals surface area contributed by atoms with E-state index in [9.17, 15) is 14.0 Å². The summed E-state index contributed by atoms with van der Waals surface area (Å²) in [5, 5.41) is 0.425. The van der Waals surface area contributed by atoms with Crippen LogP contribution in [0.25, 0.3) is 16.6 Å². The van der Waals surface area contributed by atoms with E-state index in [1.165, 1.54) is 16.7 Å². The number of ether oxygens (including phenoxy) is 1. The number of fused-ring (bicyclic) bond motifs is 4. The summed E-state index contributed by atoms with van der Waals surface area (Å²) >= 11 is 0. The minimum Gasteiger partial charge on any atom is -0.378 e. The normalized spacial score (nSPS) is 16.0. The molecule has 3 heterocycles. The molecule has 2 aliphatic rings. The number of carbonyl (C=O) groups is 1. The second kappa shape index (κ2) is 5.47. The lowest BCUT2D eigenvalue weighted by molar-refractivity contribution is 0.103. The first-order valence-electron chi connectivity index (χ1n) is 8.39. The van der Waals surface area contributed by atoms with Gasteiger partial charge in [0.25, 0.3) is 5.56 Å². The van der Waals surface area contributed by atoms with Crippen LogP contribution < -0.4 is 10.5 Å². The molecule has 6 nitrogen and oxygen atoms in total. The van der Waals surface area contributed by atoms with Gasteiger partial charge in [-0.15, -0.1) is 0 Å². The Labute approximate surface area is 147 Å². The number of nitrogens with zero attached hydrogens (tertiary/aromatic N) is 3. The molecule has 0 saturated carbocycles. The van der Waals surface area contributed by atoms with Crippen molar-refractivity contribution < 1.29 is 13.9 Å². The van der Waals surface area contributed by atoms with Crippen molar-refractivity contribution in [3.05, 3.63) is 64.0 Å². The molecule has 5 rings (SSSR count). The van der Waals surface area contributed by atoms with E-state index in [1.807, 2.05) is 0 Å². The van der Waals surface area contributed by atoms with Crippen molar-refractivity contribution in [1.29, 1.82) is 0 Å². The number of hydrogen-bond donors (Lipinski definition) is 0. The molecule has 0 amide bonds. The van der Waals surface area contributed by atoms with E-state index in [1.54, 1.807) is 29.2 Å². The number of halogens is 1. The number of ketones is 1. The number of morpholine rings is 1. The number of aromatic nitrogens is 2. The number of anilines is 1. The molecule has 1 fully saturated rings. The van der Waals surface area contributed by atoms with Crippen molar-refractivity contribution in [3.63, 3.8) is 0 Å². The minimum absolute atomic E-state index is 0.0313. The molecule has 0 aliphatic carbocycles. The quantitative estimate of drug-likeness (QED) is 0.524. The molecule has 0 spiro atoms. The maximum Gasteiger partial charge on any atom is 0.266 e. The van der Waals surface area contributed by atoms with Gasteiger partial charge in [-0.2, -0.15) is 0 Å². The van der Waals surface area contributed by atoms with Gasteiger partial charge in [-0.3, -0.25) is 14.2 Å². The molecule has 130 valence electrons. The van der Waals surface area contributed by atoms with Crippen molar-refractivity contribution in [2.75, 3.05) is 31.2 Å². The summed E-state index contributed by atoms with van der Waals surface area (Å²) in [6.45, 7) is 1.90. The molecule has 1 saturated heterocycles. The van der Waals surface area contributed by atoms with Crippen LogP contribution in [0.4, 0.5) is 10.1 Å². The van der Waals surface area contributed by atoms with Gasteiger partial charge in [0.1, 0.15) is 5.82 Å². The predicted octanol–water partition coefficient (Wildman–Crippen LogP) is 1.91. The first-order chi connectivity index (χ1) is 12.7. The zero-order valence-corrected chi connectivity index (χ0v) is 13.7. The van der Waals surface area contributed by atoms with E-state index >= 15 is 0 Å². The maximum atomic E-state index is 14.7. The van der Waals surface area contributed by atoms with Crippen molar-refractivity contribution in [2.24, 2.45) is 0 Å². The first-order valence-corrected chi connectivity index (χ1v) is 8.39. The third kappa shape index (κ3) is 1.97. The molecule has 2 aromatic carbocycles. The Morgan fingerprint density at radius 2 is 1.81 bits per heavy atom. The number of para-hydroxylation sites is 1. The van der Waals surface area contributed by atoms with Gasteiger partial charge in [-0.25, -0.2) is 9.37 Å². The summed E-state index contributed by atoms with van der Waals surface area (Å²) in [4.78, 5) is 32.2. The highest BCUT2D eigenvalue weighted by molar-refractivity contribution is 6.17. The molecule has 3 aromatic rings. The van der Waals surface area contributed by atoms with Crippen LogP contribution in [0.1, 0.15) is 16.2 Å². The van der Waals surface area contributed by atoms with Crippen LogP contribution >= 0.6 is 0 Å². The van der Waals surface area contributed by atoms with E-state index in [0.29, 0.717) is 42.9 Å². The largest absolute Gasteiger partial charge is 0.378 e. The van der Waals surface area contributed by atoms with Crippen LogP contribution in [0.5, 0.6) is 0 Å². The van der Waals surface area contributed by atoms with Crippen LogP contribution in [0.3, 0.4) is 0 Å². The van der Waals surface area contributed by atoms with Crippen LogP contribution in [0.2, 0.25) is 0 Å². The van der Waals surface area contributed by atoms with Gasteiger partial charge in [0, 0.05) is 13.1 Å². The lowest BCUT2D eigenvalue weighted by Crippen LogP contribution is -2.37. The molecule has 26 heavy (non-hydrogen) atoms. The van der Waals surface area contributed by atoms with Gasteiger partial charge in [0.2, 0.25) is 5.78 Å². The second-order valence-electron chi connectivity index (χ2n) is 6.31. The highest BCUT2D eigenvalue weighted by atomic mass is 19.1. The maximum absolute atomic E-state index is 14.7. The van der Waals surface area contributed by atoms with Crippen LogP contribution in [0, 0.1) is 5.82 Å². The third-order valence-corrected chi connectivity index (χ3v) is 4.88. The molecule has 0 N–H and O–H groups in total. The molecule has 0 radical (unpaired) electrons. The average Bonchev–Trinajstić information content (AvgIpc) is 2.95. The highest BCUT2D eigenvalue weighted by Gasteiger charge is 2.36. The lowest BCUT2D eigenvalue weighted by Gasteiger charge is -2.30. The number of rotatable bonds is 1. The van der Waals surface area contributed by atoms with Crippen molar-refractivity contribution in [2.45, 2.75) is 0 Å².